The fourth-order valence-corrected chi connectivity index (χ4v) is 1.94. The predicted octanol–water partition coefficient (Wildman–Crippen LogP) is 3.20. The van der Waals surface area contributed by atoms with Gasteiger partial charge in [-0.15, -0.1) is 0 Å². The van der Waals surface area contributed by atoms with Crippen LogP contribution in [-0.2, 0) is 4.79 Å². The number of anilines is 1. The second kappa shape index (κ2) is 7.36. The van der Waals surface area contributed by atoms with E-state index in [0.29, 0.717) is 17.0 Å². The molecule has 2 rings (SSSR count). The van der Waals surface area contributed by atoms with Gasteiger partial charge < -0.3 is 10.1 Å². The number of carbonyl (C=O) groups is 2. The molecule has 124 valence electrons. The lowest BCUT2D eigenvalue weighted by atomic mass is 10.1. The number of carbonyl (C=O) groups excluding carboxylic acids is 2. The summed E-state index contributed by atoms with van der Waals surface area (Å²) >= 11 is 0. The van der Waals surface area contributed by atoms with E-state index in [9.17, 15) is 19.7 Å². The van der Waals surface area contributed by atoms with Gasteiger partial charge in [0, 0.05) is 23.4 Å². The summed E-state index contributed by atoms with van der Waals surface area (Å²) in [6.07, 6.45) is -0.793. The van der Waals surface area contributed by atoms with Crippen molar-refractivity contribution in [3.63, 3.8) is 0 Å². The molecule has 2 aromatic rings. The number of nitro benzene ring substituents is 1. The van der Waals surface area contributed by atoms with Gasteiger partial charge in [0.05, 0.1) is 4.92 Å². The molecule has 0 radical (unpaired) electrons. The zero-order chi connectivity index (χ0) is 17.7. The minimum absolute atomic E-state index is 0.0509. The lowest BCUT2D eigenvalue weighted by Gasteiger charge is -2.14. The van der Waals surface area contributed by atoms with Crippen LogP contribution in [0.5, 0.6) is 5.75 Å². The Kier molecular flexibility index (Phi) is 5.26. The van der Waals surface area contributed by atoms with E-state index in [1.165, 1.54) is 31.2 Å². The van der Waals surface area contributed by atoms with Gasteiger partial charge in [0.2, 0.25) is 0 Å². The Labute approximate surface area is 138 Å². The Morgan fingerprint density at radius 3 is 2.17 bits per heavy atom. The Balaban J connectivity index is 1.96. The quantitative estimate of drug-likeness (QED) is 0.499. The number of Topliss-reactive ketones (excluding diaryl/α,β-unsaturated/α-hetero) is 1. The molecule has 1 amide bonds. The van der Waals surface area contributed by atoms with Crippen molar-refractivity contribution in [1.29, 1.82) is 0 Å². The molecule has 24 heavy (non-hydrogen) atoms. The fourth-order valence-electron chi connectivity index (χ4n) is 1.94. The molecule has 7 nitrogen and oxygen atoms in total. The van der Waals surface area contributed by atoms with E-state index >= 15 is 0 Å². The molecule has 2 aromatic carbocycles. The first-order valence-corrected chi connectivity index (χ1v) is 7.20. The monoisotopic (exact) mass is 328 g/mol. The first-order valence-electron chi connectivity index (χ1n) is 7.20. The standard InChI is InChI=1S/C17H16N2O5/c1-11(20)13-3-5-14(6-4-13)18-17(21)12(2)24-16-9-7-15(8-10-16)19(22)23/h3-10,12H,1-2H3,(H,18,21)/t12-/m0/s1. The number of ketones is 1. The number of hydrogen-bond acceptors (Lipinski definition) is 5. The molecule has 0 aromatic heterocycles. The highest BCUT2D eigenvalue weighted by Crippen LogP contribution is 2.19. The van der Waals surface area contributed by atoms with Crippen LogP contribution in [0, 0.1) is 10.1 Å². The number of nitro groups is 1. The lowest BCUT2D eigenvalue weighted by molar-refractivity contribution is -0.384. The number of amides is 1. The molecular formula is C17H16N2O5. The third kappa shape index (κ3) is 4.39. The second-order valence-electron chi connectivity index (χ2n) is 5.13. The third-order valence-corrected chi connectivity index (χ3v) is 3.29. The molecule has 0 spiro atoms. The number of hydrogen-bond donors (Lipinski definition) is 1. The average molecular weight is 328 g/mol. The summed E-state index contributed by atoms with van der Waals surface area (Å²) in [7, 11) is 0. The molecule has 0 aliphatic carbocycles. The Hall–Kier alpha value is -3.22. The van der Waals surface area contributed by atoms with Crippen LogP contribution in [0.15, 0.2) is 48.5 Å². The Bertz CT molecular complexity index is 754. The topological polar surface area (TPSA) is 98.5 Å². The molecule has 0 saturated heterocycles. The molecule has 1 N–H and O–H groups in total. The SMILES string of the molecule is CC(=O)c1ccc(NC(=O)[C@H](C)Oc2ccc([N+](=O)[O-])cc2)cc1. The molecule has 0 saturated carbocycles. The van der Waals surface area contributed by atoms with Crippen molar-refractivity contribution in [1.82, 2.24) is 0 Å². The summed E-state index contributed by atoms with van der Waals surface area (Å²) in [4.78, 5) is 33.4. The molecule has 1 atom stereocenters. The summed E-state index contributed by atoms with van der Waals surface area (Å²) < 4.78 is 5.46. The Morgan fingerprint density at radius 1 is 1.08 bits per heavy atom. The van der Waals surface area contributed by atoms with Crippen molar-refractivity contribution in [3.8, 4) is 5.75 Å². The molecule has 0 aliphatic rings. The highest BCUT2D eigenvalue weighted by atomic mass is 16.6. The van der Waals surface area contributed by atoms with Crippen molar-refractivity contribution in [2.24, 2.45) is 0 Å². The highest BCUT2D eigenvalue weighted by Gasteiger charge is 2.15. The highest BCUT2D eigenvalue weighted by molar-refractivity contribution is 5.96. The molecule has 7 heteroatoms. The summed E-state index contributed by atoms with van der Waals surface area (Å²) in [5.74, 6) is -0.0677. The number of benzene rings is 2. The average Bonchev–Trinajstić information content (AvgIpc) is 2.55. The summed E-state index contributed by atoms with van der Waals surface area (Å²) in [6, 6.07) is 12.0. The van der Waals surface area contributed by atoms with Crippen LogP contribution in [0.4, 0.5) is 11.4 Å². The van der Waals surface area contributed by atoms with Gasteiger partial charge in [-0.3, -0.25) is 19.7 Å². The molecular weight excluding hydrogens is 312 g/mol. The summed E-state index contributed by atoms with van der Waals surface area (Å²) in [5.41, 5.74) is 1.05. The van der Waals surface area contributed by atoms with Crippen LogP contribution in [-0.4, -0.2) is 22.7 Å². The maximum Gasteiger partial charge on any atom is 0.269 e. The van der Waals surface area contributed by atoms with E-state index in [4.69, 9.17) is 4.74 Å². The van der Waals surface area contributed by atoms with E-state index in [2.05, 4.69) is 5.32 Å². The van der Waals surface area contributed by atoms with Gasteiger partial charge >= 0.3 is 0 Å². The van der Waals surface area contributed by atoms with E-state index in [1.54, 1.807) is 31.2 Å². The second-order valence-corrected chi connectivity index (χ2v) is 5.13. The Morgan fingerprint density at radius 2 is 1.67 bits per heavy atom. The van der Waals surface area contributed by atoms with Crippen LogP contribution in [0.1, 0.15) is 24.2 Å². The first-order chi connectivity index (χ1) is 11.4. The normalized spacial score (nSPS) is 11.4. The van der Waals surface area contributed by atoms with Crippen LogP contribution in [0.2, 0.25) is 0 Å². The molecule has 0 heterocycles. The van der Waals surface area contributed by atoms with Crippen LogP contribution in [0.25, 0.3) is 0 Å². The van der Waals surface area contributed by atoms with Gasteiger partial charge in [0.1, 0.15) is 5.75 Å². The number of rotatable bonds is 6. The van der Waals surface area contributed by atoms with Gasteiger partial charge in [-0.05, 0) is 50.2 Å². The number of ether oxygens (including phenoxy) is 1. The van der Waals surface area contributed by atoms with Crippen LogP contribution >= 0.6 is 0 Å². The van der Waals surface area contributed by atoms with Gasteiger partial charge in [-0.25, -0.2) is 0 Å². The van der Waals surface area contributed by atoms with E-state index in [1.807, 2.05) is 0 Å². The number of non-ortho nitro benzene ring substituents is 1. The van der Waals surface area contributed by atoms with Crippen molar-refractivity contribution in [3.05, 3.63) is 64.2 Å². The maximum atomic E-state index is 12.1. The molecule has 0 fully saturated rings. The zero-order valence-corrected chi connectivity index (χ0v) is 13.2. The molecule has 0 unspecified atom stereocenters. The number of nitrogens with zero attached hydrogens (tertiary/aromatic N) is 1. The molecule has 0 aliphatic heterocycles. The fraction of sp³-hybridized carbons (Fsp3) is 0.176. The smallest absolute Gasteiger partial charge is 0.269 e. The maximum absolute atomic E-state index is 12.1. The molecule has 0 bridgehead atoms. The van der Waals surface area contributed by atoms with E-state index < -0.39 is 11.0 Å². The third-order valence-electron chi connectivity index (χ3n) is 3.29. The largest absolute Gasteiger partial charge is 0.481 e. The van der Waals surface area contributed by atoms with E-state index in [0.717, 1.165) is 0 Å². The van der Waals surface area contributed by atoms with Gasteiger partial charge in [-0.1, -0.05) is 0 Å². The first kappa shape index (κ1) is 17.1. The van der Waals surface area contributed by atoms with Gasteiger partial charge in [-0.2, -0.15) is 0 Å². The van der Waals surface area contributed by atoms with Gasteiger partial charge in [0.25, 0.3) is 11.6 Å². The lowest BCUT2D eigenvalue weighted by Crippen LogP contribution is -2.30. The van der Waals surface area contributed by atoms with Crippen LogP contribution < -0.4 is 10.1 Å². The predicted molar refractivity (Wildman–Crippen MR) is 88.3 cm³/mol. The van der Waals surface area contributed by atoms with Gasteiger partial charge in [0.15, 0.2) is 11.9 Å². The summed E-state index contributed by atoms with van der Waals surface area (Å²) in [6.45, 7) is 3.04. The van der Waals surface area contributed by atoms with Crippen molar-refractivity contribution in [2.45, 2.75) is 20.0 Å². The van der Waals surface area contributed by atoms with Crippen molar-refractivity contribution >= 4 is 23.1 Å². The summed E-state index contributed by atoms with van der Waals surface area (Å²) in [5, 5.41) is 13.3. The van der Waals surface area contributed by atoms with E-state index in [-0.39, 0.29) is 17.4 Å². The van der Waals surface area contributed by atoms with Crippen LogP contribution in [0.3, 0.4) is 0 Å². The van der Waals surface area contributed by atoms with Crippen molar-refractivity contribution in [2.75, 3.05) is 5.32 Å². The minimum Gasteiger partial charge on any atom is -0.481 e. The minimum atomic E-state index is -0.793. The number of nitrogens with one attached hydrogen (secondary N) is 1. The van der Waals surface area contributed by atoms with Crippen molar-refractivity contribution < 1.29 is 19.2 Å². The zero-order valence-electron chi connectivity index (χ0n) is 13.2.